The molecule has 4 aromatic rings. The first kappa shape index (κ1) is 20.1. The number of rotatable bonds is 6. The number of esters is 1. The topological polar surface area (TPSA) is 91.9 Å². The minimum Gasteiger partial charge on any atom is -0.454 e. The number of benzene rings is 2. The molecule has 156 valence electrons. The number of ketones is 1. The lowest BCUT2D eigenvalue weighted by Gasteiger charge is -2.11. The molecule has 0 fully saturated rings. The van der Waals surface area contributed by atoms with Crippen LogP contribution in [0.1, 0.15) is 32.1 Å². The number of carbonyl (C=O) groups excluding carboxylic acids is 2. The van der Waals surface area contributed by atoms with Crippen LogP contribution in [0.15, 0.2) is 60.9 Å². The highest BCUT2D eigenvalue weighted by Crippen LogP contribution is 2.23. The van der Waals surface area contributed by atoms with Crippen LogP contribution in [0.5, 0.6) is 0 Å². The molecule has 0 aliphatic heterocycles. The van der Waals surface area contributed by atoms with Gasteiger partial charge in [0.25, 0.3) is 0 Å². The van der Waals surface area contributed by atoms with E-state index in [-0.39, 0.29) is 11.3 Å². The summed E-state index contributed by atoms with van der Waals surface area (Å²) in [5, 5.41) is 10.9. The van der Waals surface area contributed by atoms with Crippen molar-refractivity contribution < 1.29 is 18.7 Å². The maximum atomic E-state index is 14.2. The van der Waals surface area contributed by atoms with Crippen molar-refractivity contribution in [1.82, 2.24) is 24.8 Å². The molecule has 31 heavy (non-hydrogen) atoms. The first-order chi connectivity index (χ1) is 15.0. The predicted molar refractivity (Wildman–Crippen MR) is 109 cm³/mol. The normalized spacial score (nSPS) is 10.8. The zero-order valence-electron chi connectivity index (χ0n) is 16.8. The van der Waals surface area contributed by atoms with E-state index in [0.717, 1.165) is 0 Å². The number of aryl methyl sites for hydroxylation is 1. The Hall–Kier alpha value is -4.14. The van der Waals surface area contributed by atoms with Crippen LogP contribution in [0.2, 0.25) is 0 Å². The fourth-order valence-corrected chi connectivity index (χ4v) is 3.40. The summed E-state index contributed by atoms with van der Waals surface area (Å²) >= 11 is 0. The van der Waals surface area contributed by atoms with E-state index >= 15 is 0 Å². The van der Waals surface area contributed by atoms with E-state index in [1.807, 2.05) is 0 Å². The fourth-order valence-electron chi connectivity index (χ4n) is 3.40. The molecule has 0 atom stereocenters. The molecule has 9 heteroatoms. The third kappa shape index (κ3) is 3.97. The number of halogens is 1. The lowest BCUT2D eigenvalue weighted by molar-refractivity contribution is 0.0474. The second-order valence-corrected chi connectivity index (χ2v) is 6.88. The third-order valence-corrected chi connectivity index (χ3v) is 4.85. The number of tetrazole rings is 1. The van der Waals surface area contributed by atoms with E-state index in [9.17, 15) is 14.0 Å². The lowest BCUT2D eigenvalue weighted by Crippen LogP contribution is -2.15. The highest BCUT2D eigenvalue weighted by atomic mass is 19.1. The van der Waals surface area contributed by atoms with E-state index < -0.39 is 18.4 Å². The lowest BCUT2D eigenvalue weighted by atomic mass is 10.1. The first-order valence-electron chi connectivity index (χ1n) is 9.43. The molecular formula is C22H18FN5O3. The fraction of sp³-hybridized carbons (Fsp3) is 0.136. The van der Waals surface area contributed by atoms with E-state index in [4.69, 9.17) is 4.74 Å². The summed E-state index contributed by atoms with van der Waals surface area (Å²) in [5.41, 5.74) is 2.84. The maximum absolute atomic E-state index is 14.2. The molecule has 0 N–H and O–H groups in total. The van der Waals surface area contributed by atoms with Crippen LogP contribution in [-0.4, -0.2) is 43.1 Å². The van der Waals surface area contributed by atoms with Gasteiger partial charge in [-0.2, -0.15) is 0 Å². The van der Waals surface area contributed by atoms with Crippen LogP contribution in [-0.2, 0) is 4.74 Å². The number of para-hydroxylation sites is 1. The van der Waals surface area contributed by atoms with Crippen LogP contribution in [0.3, 0.4) is 0 Å². The summed E-state index contributed by atoms with van der Waals surface area (Å²) in [6, 6.07) is 14.5. The van der Waals surface area contributed by atoms with E-state index in [1.165, 1.54) is 17.1 Å². The Bertz CT molecular complexity index is 1260. The number of nitrogens with zero attached hydrogens (tertiary/aromatic N) is 5. The van der Waals surface area contributed by atoms with Crippen molar-refractivity contribution in [2.45, 2.75) is 13.8 Å². The molecule has 4 rings (SSSR count). The molecule has 0 saturated heterocycles. The number of hydrogen-bond donors (Lipinski definition) is 0. The highest BCUT2D eigenvalue weighted by molar-refractivity contribution is 6.00. The number of aromatic nitrogens is 5. The van der Waals surface area contributed by atoms with Crippen molar-refractivity contribution >= 4 is 11.8 Å². The van der Waals surface area contributed by atoms with Crippen molar-refractivity contribution in [3.63, 3.8) is 0 Å². The van der Waals surface area contributed by atoms with Crippen LogP contribution in [0.4, 0.5) is 4.39 Å². The number of ether oxygens (including phenoxy) is 1. The third-order valence-electron chi connectivity index (χ3n) is 4.85. The molecule has 0 unspecified atom stereocenters. The molecule has 0 radical (unpaired) electrons. The van der Waals surface area contributed by atoms with E-state index in [2.05, 4.69) is 15.5 Å². The summed E-state index contributed by atoms with van der Waals surface area (Å²) in [6.07, 6.45) is 1.40. The number of Topliss-reactive ketones (excluding diaryl/α,β-unsaturated/α-hetero) is 1. The summed E-state index contributed by atoms with van der Waals surface area (Å²) in [6.45, 7) is 3.08. The molecule has 2 aromatic carbocycles. The van der Waals surface area contributed by atoms with Gasteiger partial charge in [0.2, 0.25) is 5.78 Å². The SMILES string of the molecule is Cc1cc(C(=O)COC(=O)c2cccc(-n3cnnn3)c2)c(C)n1-c1ccccc1F. The Morgan fingerprint density at radius 2 is 1.87 bits per heavy atom. The Labute approximate surface area is 176 Å². The standard InChI is InChI=1S/C22H18FN5O3/c1-14-10-18(15(2)28(14)20-9-4-3-8-19(20)23)21(29)12-31-22(30)16-6-5-7-17(11-16)27-13-24-25-26-27/h3-11,13H,12H2,1-2H3. The van der Waals surface area contributed by atoms with Crippen molar-refractivity contribution in [3.8, 4) is 11.4 Å². The van der Waals surface area contributed by atoms with E-state index in [0.29, 0.717) is 28.3 Å². The zero-order chi connectivity index (χ0) is 22.0. The molecule has 2 aromatic heterocycles. The molecular weight excluding hydrogens is 401 g/mol. The average Bonchev–Trinajstić information content (AvgIpc) is 3.41. The van der Waals surface area contributed by atoms with Gasteiger partial charge in [-0.3, -0.25) is 4.79 Å². The van der Waals surface area contributed by atoms with Crippen molar-refractivity contribution in [3.05, 3.63) is 89.3 Å². The molecule has 0 bridgehead atoms. The number of hydrogen-bond acceptors (Lipinski definition) is 6. The van der Waals surface area contributed by atoms with Crippen LogP contribution in [0, 0.1) is 19.7 Å². The molecule has 2 heterocycles. The number of carbonyl (C=O) groups is 2. The molecule has 0 spiro atoms. The van der Waals surface area contributed by atoms with E-state index in [1.54, 1.807) is 66.9 Å². The Morgan fingerprint density at radius 1 is 1.06 bits per heavy atom. The average molecular weight is 419 g/mol. The minimum atomic E-state index is -0.647. The van der Waals surface area contributed by atoms with Gasteiger partial charge in [-0.05, 0) is 60.7 Å². The highest BCUT2D eigenvalue weighted by Gasteiger charge is 2.20. The smallest absolute Gasteiger partial charge is 0.338 e. The minimum absolute atomic E-state index is 0.262. The molecule has 0 saturated carbocycles. The summed E-state index contributed by atoms with van der Waals surface area (Å²) < 4.78 is 22.5. The van der Waals surface area contributed by atoms with Crippen molar-refractivity contribution in [1.29, 1.82) is 0 Å². The summed E-state index contributed by atoms with van der Waals surface area (Å²) in [4.78, 5) is 25.2. The first-order valence-corrected chi connectivity index (χ1v) is 9.43. The van der Waals surface area contributed by atoms with Gasteiger partial charge in [-0.25, -0.2) is 13.9 Å². The van der Waals surface area contributed by atoms with Gasteiger partial charge in [0, 0.05) is 17.0 Å². The summed E-state index contributed by atoms with van der Waals surface area (Å²) in [5.74, 6) is -1.41. The second kappa shape index (κ2) is 8.31. The Morgan fingerprint density at radius 3 is 2.61 bits per heavy atom. The monoisotopic (exact) mass is 419 g/mol. The van der Waals surface area contributed by atoms with Crippen molar-refractivity contribution in [2.24, 2.45) is 0 Å². The molecule has 0 aliphatic carbocycles. The summed E-state index contributed by atoms with van der Waals surface area (Å²) in [7, 11) is 0. The molecule has 0 aliphatic rings. The molecule has 0 amide bonds. The second-order valence-electron chi connectivity index (χ2n) is 6.88. The van der Waals surface area contributed by atoms with Gasteiger partial charge >= 0.3 is 5.97 Å². The largest absolute Gasteiger partial charge is 0.454 e. The van der Waals surface area contributed by atoms with Gasteiger partial charge in [0.15, 0.2) is 6.61 Å². The predicted octanol–water partition coefficient (Wildman–Crippen LogP) is 3.25. The quantitative estimate of drug-likeness (QED) is 0.352. The van der Waals surface area contributed by atoms with Gasteiger partial charge < -0.3 is 9.30 Å². The van der Waals surface area contributed by atoms with Gasteiger partial charge in [0.1, 0.15) is 12.1 Å². The van der Waals surface area contributed by atoms with Crippen molar-refractivity contribution in [2.75, 3.05) is 6.61 Å². The maximum Gasteiger partial charge on any atom is 0.338 e. The van der Waals surface area contributed by atoms with Crippen LogP contribution in [0.25, 0.3) is 11.4 Å². The Kier molecular flexibility index (Phi) is 5.40. The zero-order valence-corrected chi connectivity index (χ0v) is 16.8. The van der Waals surface area contributed by atoms with Crippen LogP contribution < -0.4 is 0 Å². The van der Waals surface area contributed by atoms with Gasteiger partial charge in [-0.15, -0.1) is 5.10 Å². The van der Waals surface area contributed by atoms with Gasteiger partial charge in [0.05, 0.1) is 16.9 Å². The van der Waals surface area contributed by atoms with Crippen LogP contribution >= 0.6 is 0 Å². The Balaban J connectivity index is 1.50. The van der Waals surface area contributed by atoms with Gasteiger partial charge in [-0.1, -0.05) is 18.2 Å². The molecule has 8 nitrogen and oxygen atoms in total.